The molecule has 0 fully saturated rings. The minimum absolute atomic E-state index is 0.379. The first-order valence-corrected chi connectivity index (χ1v) is 7.47. The number of H-pyrrole nitrogens is 1. The monoisotopic (exact) mass is 343 g/mol. The van der Waals surface area contributed by atoms with Crippen LogP contribution in [0, 0.1) is 11.3 Å². The molecule has 0 atom stereocenters. The lowest BCUT2D eigenvalue weighted by Gasteiger charge is -2.00. The van der Waals surface area contributed by atoms with E-state index in [1.807, 2.05) is 18.2 Å². The summed E-state index contributed by atoms with van der Waals surface area (Å²) < 4.78 is 5.18. The number of fused-ring (bicyclic) bond motifs is 1. The first-order chi connectivity index (χ1) is 11.1. The Hall–Kier alpha value is -2.48. The zero-order chi connectivity index (χ0) is 16.4. The van der Waals surface area contributed by atoms with Gasteiger partial charge in [0.25, 0.3) is 0 Å². The molecule has 1 N–H and O–H groups in total. The van der Waals surface area contributed by atoms with Gasteiger partial charge in [0.15, 0.2) is 0 Å². The minimum Gasteiger partial charge on any atom is -0.497 e. The molecule has 1 heterocycles. The average molecular weight is 344 g/mol. The summed E-state index contributed by atoms with van der Waals surface area (Å²) in [5.74, 6) is 1.19. The summed E-state index contributed by atoms with van der Waals surface area (Å²) in [6.45, 7) is 0. The van der Waals surface area contributed by atoms with Gasteiger partial charge in [0.2, 0.25) is 0 Å². The Morgan fingerprint density at radius 2 is 2.09 bits per heavy atom. The van der Waals surface area contributed by atoms with Crippen LogP contribution in [0.25, 0.3) is 22.7 Å². The summed E-state index contributed by atoms with van der Waals surface area (Å²) in [6, 6.07) is 12.7. The number of imidazole rings is 1. The number of nitrogens with zero attached hydrogens (tertiary/aromatic N) is 2. The van der Waals surface area contributed by atoms with Crippen LogP contribution in [-0.2, 0) is 0 Å². The van der Waals surface area contributed by atoms with Crippen molar-refractivity contribution >= 4 is 45.9 Å². The van der Waals surface area contributed by atoms with E-state index in [0.717, 1.165) is 16.8 Å². The number of hydrogen-bond acceptors (Lipinski definition) is 3. The number of methoxy groups -OCH3 is 1. The molecule has 0 unspecified atom stereocenters. The molecule has 0 amide bonds. The SMILES string of the molecule is COc1ccc2nc(/C(C#N)=C\c3ccc(Cl)cc3Cl)[nH]c2c1. The Labute approximate surface area is 142 Å². The molecule has 2 aromatic carbocycles. The maximum absolute atomic E-state index is 9.44. The standard InChI is InChI=1S/C17H11Cl2N3O/c1-23-13-4-5-15-16(8-13)22-17(21-15)11(9-20)6-10-2-3-12(18)7-14(10)19/h2-8H,1H3,(H,21,22)/b11-6-. The molecule has 0 aliphatic heterocycles. The van der Waals surface area contributed by atoms with E-state index >= 15 is 0 Å². The van der Waals surface area contributed by atoms with Crippen LogP contribution in [0.15, 0.2) is 36.4 Å². The lowest BCUT2D eigenvalue weighted by atomic mass is 10.1. The highest BCUT2D eigenvalue weighted by molar-refractivity contribution is 6.35. The summed E-state index contributed by atoms with van der Waals surface area (Å²) in [5.41, 5.74) is 2.63. The summed E-state index contributed by atoms with van der Waals surface area (Å²) >= 11 is 12.0. The van der Waals surface area contributed by atoms with Crippen LogP contribution in [0.2, 0.25) is 10.0 Å². The van der Waals surface area contributed by atoms with E-state index in [9.17, 15) is 5.26 Å². The number of aromatic amines is 1. The van der Waals surface area contributed by atoms with Crippen LogP contribution in [0.1, 0.15) is 11.4 Å². The molecular formula is C17H11Cl2N3O. The number of allylic oxidation sites excluding steroid dienone is 1. The van der Waals surface area contributed by atoms with Crippen molar-refractivity contribution in [1.29, 1.82) is 5.26 Å². The summed E-state index contributed by atoms with van der Waals surface area (Å²) in [4.78, 5) is 7.55. The molecule has 0 radical (unpaired) electrons. The zero-order valence-electron chi connectivity index (χ0n) is 12.1. The van der Waals surface area contributed by atoms with Crippen molar-refractivity contribution in [3.63, 3.8) is 0 Å². The smallest absolute Gasteiger partial charge is 0.149 e. The van der Waals surface area contributed by atoms with E-state index in [1.165, 1.54) is 0 Å². The number of halogens is 2. The summed E-state index contributed by atoms with van der Waals surface area (Å²) in [6.07, 6.45) is 1.67. The molecule has 0 saturated heterocycles. The molecule has 1 aromatic heterocycles. The van der Waals surface area contributed by atoms with Gasteiger partial charge in [0, 0.05) is 16.1 Å². The molecule has 0 spiro atoms. The fourth-order valence-corrected chi connectivity index (χ4v) is 2.63. The van der Waals surface area contributed by atoms with E-state index in [0.29, 0.717) is 27.0 Å². The third kappa shape index (κ3) is 3.16. The molecule has 0 saturated carbocycles. The van der Waals surface area contributed by atoms with Gasteiger partial charge in [-0.2, -0.15) is 5.26 Å². The topological polar surface area (TPSA) is 61.7 Å². The van der Waals surface area contributed by atoms with Gasteiger partial charge in [-0.15, -0.1) is 0 Å². The Morgan fingerprint density at radius 1 is 1.26 bits per heavy atom. The molecule has 4 nitrogen and oxygen atoms in total. The van der Waals surface area contributed by atoms with Crippen molar-refractivity contribution in [2.24, 2.45) is 0 Å². The number of hydrogen-bond donors (Lipinski definition) is 1. The van der Waals surface area contributed by atoms with Crippen molar-refractivity contribution in [2.45, 2.75) is 0 Å². The molecule has 3 aromatic rings. The third-order valence-electron chi connectivity index (χ3n) is 3.33. The second kappa shape index (κ2) is 6.33. The Balaban J connectivity index is 2.07. The third-order valence-corrected chi connectivity index (χ3v) is 3.89. The van der Waals surface area contributed by atoms with Crippen LogP contribution in [0.3, 0.4) is 0 Å². The van der Waals surface area contributed by atoms with Gasteiger partial charge in [-0.05, 0) is 35.9 Å². The van der Waals surface area contributed by atoms with Gasteiger partial charge in [0.05, 0.1) is 23.7 Å². The van der Waals surface area contributed by atoms with Crippen LogP contribution < -0.4 is 4.74 Å². The van der Waals surface area contributed by atoms with Gasteiger partial charge in [-0.1, -0.05) is 29.3 Å². The van der Waals surface area contributed by atoms with Gasteiger partial charge < -0.3 is 9.72 Å². The van der Waals surface area contributed by atoms with E-state index in [1.54, 1.807) is 31.4 Å². The molecule has 6 heteroatoms. The predicted octanol–water partition coefficient (Wildman–Crippen LogP) is 4.94. The lowest BCUT2D eigenvalue weighted by molar-refractivity contribution is 0.415. The Bertz CT molecular complexity index is 954. The lowest BCUT2D eigenvalue weighted by Crippen LogP contribution is -1.85. The van der Waals surface area contributed by atoms with Crippen molar-refractivity contribution < 1.29 is 4.74 Å². The zero-order valence-corrected chi connectivity index (χ0v) is 13.6. The quantitative estimate of drug-likeness (QED) is 0.685. The highest BCUT2D eigenvalue weighted by Gasteiger charge is 2.10. The minimum atomic E-state index is 0.379. The van der Waals surface area contributed by atoms with Crippen LogP contribution in [-0.4, -0.2) is 17.1 Å². The Kier molecular flexibility index (Phi) is 4.24. The number of rotatable bonds is 3. The van der Waals surface area contributed by atoms with Gasteiger partial charge >= 0.3 is 0 Å². The van der Waals surface area contributed by atoms with E-state index < -0.39 is 0 Å². The number of benzene rings is 2. The molecule has 114 valence electrons. The first-order valence-electron chi connectivity index (χ1n) is 6.71. The highest BCUT2D eigenvalue weighted by atomic mass is 35.5. The fraction of sp³-hybridized carbons (Fsp3) is 0.0588. The Morgan fingerprint density at radius 3 is 2.78 bits per heavy atom. The van der Waals surface area contributed by atoms with E-state index in [2.05, 4.69) is 16.0 Å². The van der Waals surface area contributed by atoms with E-state index in [-0.39, 0.29) is 0 Å². The number of aromatic nitrogens is 2. The maximum Gasteiger partial charge on any atom is 0.149 e. The molecule has 0 bridgehead atoms. The van der Waals surface area contributed by atoms with Crippen LogP contribution in [0.4, 0.5) is 0 Å². The fourth-order valence-electron chi connectivity index (χ4n) is 2.17. The first kappa shape index (κ1) is 15.4. The van der Waals surface area contributed by atoms with Crippen LogP contribution in [0.5, 0.6) is 5.75 Å². The van der Waals surface area contributed by atoms with Crippen molar-refractivity contribution in [3.8, 4) is 11.8 Å². The average Bonchev–Trinajstić information content (AvgIpc) is 2.96. The second-order valence-corrected chi connectivity index (χ2v) is 5.65. The van der Waals surface area contributed by atoms with Gasteiger partial charge in [-0.25, -0.2) is 4.98 Å². The van der Waals surface area contributed by atoms with E-state index in [4.69, 9.17) is 27.9 Å². The van der Waals surface area contributed by atoms with Crippen molar-refractivity contribution in [1.82, 2.24) is 9.97 Å². The number of ether oxygens (including phenoxy) is 1. The second-order valence-electron chi connectivity index (χ2n) is 4.80. The largest absolute Gasteiger partial charge is 0.497 e. The van der Waals surface area contributed by atoms with Crippen molar-refractivity contribution in [2.75, 3.05) is 7.11 Å². The molecule has 0 aliphatic carbocycles. The van der Waals surface area contributed by atoms with Gasteiger partial charge in [0.1, 0.15) is 17.6 Å². The summed E-state index contributed by atoms with van der Waals surface area (Å²) in [7, 11) is 1.60. The predicted molar refractivity (Wildman–Crippen MR) is 92.6 cm³/mol. The van der Waals surface area contributed by atoms with Crippen molar-refractivity contribution in [3.05, 3.63) is 57.8 Å². The number of nitriles is 1. The van der Waals surface area contributed by atoms with Gasteiger partial charge in [-0.3, -0.25) is 0 Å². The summed E-state index contributed by atoms with van der Waals surface area (Å²) in [5, 5.41) is 10.5. The number of nitrogens with one attached hydrogen (secondary N) is 1. The molecule has 23 heavy (non-hydrogen) atoms. The van der Waals surface area contributed by atoms with Crippen LogP contribution >= 0.6 is 23.2 Å². The highest BCUT2D eigenvalue weighted by Crippen LogP contribution is 2.26. The molecule has 0 aliphatic rings. The molecular weight excluding hydrogens is 333 g/mol. The normalized spacial score (nSPS) is 11.5. The molecule has 3 rings (SSSR count). The maximum atomic E-state index is 9.44.